The average Bonchev–Trinajstić information content (AvgIpc) is 3.23. The minimum atomic E-state index is 0. The van der Waals surface area contributed by atoms with E-state index in [2.05, 4.69) is 10.6 Å². The predicted molar refractivity (Wildman–Crippen MR) is 85.4 cm³/mol. The molecule has 0 aromatic rings. The van der Waals surface area contributed by atoms with E-state index in [9.17, 15) is 9.59 Å². The number of hydrogen-bond donors (Lipinski definition) is 2. The van der Waals surface area contributed by atoms with Crippen molar-refractivity contribution >= 4 is 24.2 Å². The highest BCUT2D eigenvalue weighted by atomic mass is 35.5. The van der Waals surface area contributed by atoms with Gasteiger partial charge in [0.15, 0.2) is 0 Å². The maximum absolute atomic E-state index is 12.0. The van der Waals surface area contributed by atoms with Gasteiger partial charge in [0.1, 0.15) is 0 Å². The van der Waals surface area contributed by atoms with Crippen LogP contribution in [-0.2, 0) is 9.59 Å². The standard InChI is InChI=1S/C15H27N3O2.ClH/c1-11(2)15(20)17-13-5-7-18(8-6-13)14(19)10-16-9-12-3-4-12;/h11-13,16H,3-10H2,1-2H3,(H,17,20);1H. The second kappa shape index (κ2) is 8.59. The zero-order chi connectivity index (χ0) is 14.5. The van der Waals surface area contributed by atoms with Gasteiger partial charge in [-0.2, -0.15) is 0 Å². The Bertz CT molecular complexity index is 351. The third-order valence-corrected chi connectivity index (χ3v) is 4.12. The lowest BCUT2D eigenvalue weighted by Gasteiger charge is -2.32. The lowest BCUT2D eigenvalue weighted by molar-refractivity contribution is -0.131. The highest BCUT2D eigenvalue weighted by Gasteiger charge is 2.25. The molecular formula is C15H28ClN3O2. The minimum absolute atomic E-state index is 0. The Morgan fingerprint density at radius 1 is 1.14 bits per heavy atom. The Balaban J connectivity index is 0.00000220. The zero-order valence-corrected chi connectivity index (χ0v) is 13.9. The molecule has 6 heteroatoms. The molecule has 0 unspecified atom stereocenters. The first-order valence-electron chi connectivity index (χ1n) is 7.85. The molecule has 21 heavy (non-hydrogen) atoms. The van der Waals surface area contributed by atoms with Gasteiger partial charge in [0, 0.05) is 25.0 Å². The van der Waals surface area contributed by atoms with Gasteiger partial charge in [0.25, 0.3) is 0 Å². The van der Waals surface area contributed by atoms with Crippen molar-refractivity contribution in [2.24, 2.45) is 11.8 Å². The zero-order valence-electron chi connectivity index (χ0n) is 13.1. The van der Waals surface area contributed by atoms with Crippen molar-refractivity contribution in [2.45, 2.75) is 45.6 Å². The molecular weight excluding hydrogens is 290 g/mol. The molecule has 0 aromatic carbocycles. The van der Waals surface area contributed by atoms with Crippen LogP contribution >= 0.6 is 12.4 Å². The second-order valence-electron chi connectivity index (χ2n) is 6.39. The molecule has 1 aliphatic carbocycles. The van der Waals surface area contributed by atoms with Crippen LogP contribution in [0.3, 0.4) is 0 Å². The van der Waals surface area contributed by atoms with Crippen molar-refractivity contribution in [1.29, 1.82) is 0 Å². The topological polar surface area (TPSA) is 61.4 Å². The van der Waals surface area contributed by atoms with Crippen molar-refractivity contribution in [3.8, 4) is 0 Å². The lowest BCUT2D eigenvalue weighted by atomic mass is 10.0. The number of nitrogens with one attached hydrogen (secondary N) is 2. The van der Waals surface area contributed by atoms with Gasteiger partial charge in [-0.05, 0) is 38.1 Å². The van der Waals surface area contributed by atoms with E-state index in [1.807, 2.05) is 18.7 Å². The van der Waals surface area contributed by atoms with Crippen molar-refractivity contribution in [1.82, 2.24) is 15.5 Å². The maximum Gasteiger partial charge on any atom is 0.236 e. The summed E-state index contributed by atoms with van der Waals surface area (Å²) in [5, 5.41) is 6.29. The summed E-state index contributed by atoms with van der Waals surface area (Å²) in [4.78, 5) is 25.6. The van der Waals surface area contributed by atoms with Crippen LogP contribution in [0.4, 0.5) is 0 Å². The molecule has 1 aliphatic heterocycles. The van der Waals surface area contributed by atoms with Gasteiger partial charge in [-0.15, -0.1) is 12.4 Å². The van der Waals surface area contributed by atoms with Crippen LogP contribution in [-0.4, -0.2) is 48.9 Å². The Labute approximate surface area is 133 Å². The molecule has 5 nitrogen and oxygen atoms in total. The molecule has 1 saturated carbocycles. The summed E-state index contributed by atoms with van der Waals surface area (Å²) in [5.74, 6) is 1.14. The fourth-order valence-electron chi connectivity index (χ4n) is 2.46. The van der Waals surface area contributed by atoms with Gasteiger partial charge in [-0.3, -0.25) is 9.59 Å². The Morgan fingerprint density at radius 2 is 1.76 bits per heavy atom. The smallest absolute Gasteiger partial charge is 0.236 e. The van der Waals surface area contributed by atoms with Crippen molar-refractivity contribution in [3.05, 3.63) is 0 Å². The Morgan fingerprint density at radius 3 is 2.29 bits per heavy atom. The molecule has 0 atom stereocenters. The first-order valence-corrected chi connectivity index (χ1v) is 7.85. The molecule has 2 fully saturated rings. The van der Waals surface area contributed by atoms with Crippen LogP contribution < -0.4 is 10.6 Å². The number of piperidine rings is 1. The molecule has 0 aromatic heterocycles. The fourth-order valence-corrected chi connectivity index (χ4v) is 2.46. The minimum Gasteiger partial charge on any atom is -0.353 e. The summed E-state index contributed by atoms with van der Waals surface area (Å²) in [7, 11) is 0. The molecule has 2 amide bonds. The van der Waals surface area contributed by atoms with Gasteiger partial charge in [-0.25, -0.2) is 0 Å². The number of carbonyl (C=O) groups excluding carboxylic acids is 2. The van der Waals surface area contributed by atoms with Gasteiger partial charge in [0.05, 0.1) is 6.54 Å². The Hall–Kier alpha value is -0.810. The Kier molecular flexibility index (Phi) is 7.46. The third kappa shape index (κ3) is 6.22. The number of nitrogens with zero attached hydrogens (tertiary/aromatic N) is 1. The molecule has 1 heterocycles. The number of carbonyl (C=O) groups is 2. The first kappa shape index (κ1) is 18.2. The van der Waals surface area contributed by atoms with E-state index in [1.165, 1.54) is 12.8 Å². The van der Waals surface area contributed by atoms with E-state index in [4.69, 9.17) is 0 Å². The summed E-state index contributed by atoms with van der Waals surface area (Å²) < 4.78 is 0. The van der Waals surface area contributed by atoms with E-state index in [1.54, 1.807) is 0 Å². The predicted octanol–water partition coefficient (Wildman–Crippen LogP) is 1.17. The van der Waals surface area contributed by atoms with Crippen LogP contribution in [0.25, 0.3) is 0 Å². The molecule has 0 bridgehead atoms. The van der Waals surface area contributed by atoms with E-state index in [-0.39, 0.29) is 36.2 Å². The van der Waals surface area contributed by atoms with Gasteiger partial charge in [-0.1, -0.05) is 13.8 Å². The molecule has 0 spiro atoms. The fraction of sp³-hybridized carbons (Fsp3) is 0.867. The third-order valence-electron chi connectivity index (χ3n) is 4.12. The summed E-state index contributed by atoms with van der Waals surface area (Å²) in [6, 6.07) is 0.230. The normalized spacial score (nSPS) is 19.3. The monoisotopic (exact) mass is 317 g/mol. The van der Waals surface area contributed by atoms with Crippen LogP contribution in [0.5, 0.6) is 0 Å². The molecule has 122 valence electrons. The summed E-state index contributed by atoms with van der Waals surface area (Å²) in [6.07, 6.45) is 4.35. The highest BCUT2D eigenvalue weighted by molar-refractivity contribution is 5.85. The number of amides is 2. The van der Waals surface area contributed by atoms with Crippen molar-refractivity contribution in [2.75, 3.05) is 26.2 Å². The van der Waals surface area contributed by atoms with E-state index < -0.39 is 0 Å². The van der Waals surface area contributed by atoms with Crippen molar-refractivity contribution < 1.29 is 9.59 Å². The first-order chi connectivity index (χ1) is 9.56. The van der Waals surface area contributed by atoms with Crippen LogP contribution in [0.1, 0.15) is 39.5 Å². The molecule has 2 aliphatic rings. The van der Waals surface area contributed by atoms with Crippen LogP contribution in [0, 0.1) is 11.8 Å². The molecule has 2 N–H and O–H groups in total. The second-order valence-corrected chi connectivity index (χ2v) is 6.39. The van der Waals surface area contributed by atoms with E-state index in [0.29, 0.717) is 6.54 Å². The van der Waals surface area contributed by atoms with Gasteiger partial charge in [0.2, 0.25) is 11.8 Å². The number of halogens is 1. The van der Waals surface area contributed by atoms with E-state index in [0.717, 1.165) is 38.4 Å². The largest absolute Gasteiger partial charge is 0.353 e. The SMILES string of the molecule is CC(C)C(=O)NC1CCN(C(=O)CNCC2CC2)CC1.Cl. The maximum atomic E-state index is 12.0. The number of rotatable bonds is 6. The van der Waals surface area contributed by atoms with Gasteiger partial charge >= 0.3 is 0 Å². The quantitative estimate of drug-likeness (QED) is 0.773. The molecule has 2 rings (SSSR count). The van der Waals surface area contributed by atoms with Crippen LogP contribution in [0.15, 0.2) is 0 Å². The number of likely N-dealkylation sites (tertiary alicyclic amines) is 1. The van der Waals surface area contributed by atoms with E-state index >= 15 is 0 Å². The molecule has 1 saturated heterocycles. The number of hydrogen-bond acceptors (Lipinski definition) is 3. The van der Waals surface area contributed by atoms with Crippen molar-refractivity contribution in [3.63, 3.8) is 0 Å². The lowest BCUT2D eigenvalue weighted by Crippen LogP contribution is -2.49. The average molecular weight is 318 g/mol. The van der Waals surface area contributed by atoms with Crippen LogP contribution in [0.2, 0.25) is 0 Å². The van der Waals surface area contributed by atoms with Gasteiger partial charge < -0.3 is 15.5 Å². The summed E-state index contributed by atoms with van der Waals surface area (Å²) in [6.45, 7) is 6.76. The highest BCUT2D eigenvalue weighted by Crippen LogP contribution is 2.27. The summed E-state index contributed by atoms with van der Waals surface area (Å²) >= 11 is 0. The molecule has 0 radical (unpaired) electrons. The summed E-state index contributed by atoms with van der Waals surface area (Å²) in [5.41, 5.74) is 0.